The Morgan fingerprint density at radius 2 is 1.98 bits per heavy atom. The molecule has 2 saturated carbocycles. The summed E-state index contributed by atoms with van der Waals surface area (Å²) in [7, 11) is -2.83. The van der Waals surface area contributed by atoms with Crippen molar-refractivity contribution in [3.05, 3.63) is 35.9 Å². The van der Waals surface area contributed by atoms with Gasteiger partial charge in [0.25, 0.3) is 5.91 Å². The minimum atomic E-state index is -4.40. The number of aromatic nitrogens is 1. The average Bonchev–Trinajstić information content (AvgIpc) is 4.08. The Bertz CT molecular complexity index is 2040. The topological polar surface area (TPSA) is 203 Å². The van der Waals surface area contributed by atoms with Crippen molar-refractivity contribution in [3.8, 4) is 17.5 Å². The Morgan fingerprint density at radius 3 is 2.68 bits per heavy atom. The number of amides is 4. The molecule has 4 N–H and O–H groups in total. The molecule has 1 saturated heterocycles. The lowest BCUT2D eigenvalue weighted by molar-refractivity contribution is -0.142. The largest absolute Gasteiger partial charge is 0.497 e. The predicted molar refractivity (Wildman–Crippen MR) is 202 cm³/mol. The van der Waals surface area contributed by atoms with E-state index in [-0.39, 0.29) is 44.0 Å². The lowest BCUT2D eigenvalue weighted by Gasteiger charge is -2.33. The van der Waals surface area contributed by atoms with Gasteiger partial charge < -0.3 is 34.9 Å². The van der Waals surface area contributed by atoms with Gasteiger partial charge >= 0.3 is 6.09 Å². The first kappa shape index (κ1) is 39.6. The molecule has 3 fully saturated rings. The molecule has 1 aromatic heterocycles. The van der Waals surface area contributed by atoms with Gasteiger partial charge in [-0.1, -0.05) is 32.4 Å². The van der Waals surface area contributed by atoms with Gasteiger partial charge in [-0.15, -0.1) is 0 Å². The summed E-state index contributed by atoms with van der Waals surface area (Å²) in [6.07, 6.45) is 5.53. The van der Waals surface area contributed by atoms with Crippen molar-refractivity contribution in [2.24, 2.45) is 17.8 Å². The first-order valence-electron chi connectivity index (χ1n) is 19.5. The third-order valence-corrected chi connectivity index (χ3v) is 14.3. The van der Waals surface area contributed by atoms with Crippen molar-refractivity contribution in [1.82, 2.24) is 25.2 Å². The van der Waals surface area contributed by atoms with E-state index in [0.717, 1.165) is 23.8 Å². The monoisotopic (exact) mass is 799 g/mol. The highest BCUT2D eigenvalue weighted by Crippen LogP contribution is 2.48. The Morgan fingerprint density at radius 1 is 1.20 bits per heavy atom. The first-order valence-corrected chi connectivity index (χ1v) is 20.9. The zero-order valence-corrected chi connectivity index (χ0v) is 32.7. The smallest absolute Gasteiger partial charge is 0.405 e. The molecule has 15 nitrogen and oxygen atoms in total. The van der Waals surface area contributed by atoms with Gasteiger partial charge in [0.15, 0.2) is 0 Å². The van der Waals surface area contributed by atoms with Gasteiger partial charge in [0.2, 0.25) is 33.6 Å². The van der Waals surface area contributed by atoms with Gasteiger partial charge in [-0.25, -0.2) is 17.6 Å². The van der Waals surface area contributed by atoms with Gasteiger partial charge in [0.1, 0.15) is 40.9 Å². The molecule has 0 radical (unpaired) electrons. The van der Waals surface area contributed by atoms with Crippen LogP contribution in [0.4, 0.5) is 9.18 Å². The van der Waals surface area contributed by atoms with E-state index in [9.17, 15) is 37.1 Å². The number of ether oxygens (including phenoxy) is 3. The molecule has 17 heteroatoms. The molecular weight excluding hydrogens is 750 g/mol. The Labute approximate surface area is 325 Å². The minimum absolute atomic E-state index is 0.0523. The highest BCUT2D eigenvalue weighted by Gasteiger charge is 2.64. The summed E-state index contributed by atoms with van der Waals surface area (Å²) in [6.45, 7) is 3.12. The number of hydrogen-bond donors (Lipinski definition) is 4. The van der Waals surface area contributed by atoms with Crippen LogP contribution in [-0.4, -0.2) is 103 Å². The maximum Gasteiger partial charge on any atom is 0.405 e. The van der Waals surface area contributed by atoms with Gasteiger partial charge in [0.05, 0.1) is 20.3 Å². The highest BCUT2D eigenvalue weighted by atomic mass is 32.2. The lowest BCUT2D eigenvalue weighted by Crippen LogP contribution is -2.59. The maximum absolute atomic E-state index is 14.6. The second-order valence-electron chi connectivity index (χ2n) is 16.0. The van der Waals surface area contributed by atoms with Crippen LogP contribution in [0.2, 0.25) is 0 Å². The van der Waals surface area contributed by atoms with Crippen molar-refractivity contribution >= 4 is 44.6 Å². The van der Waals surface area contributed by atoms with Crippen LogP contribution in [0.25, 0.3) is 10.8 Å². The average molecular weight is 800 g/mol. The Hall–Kier alpha value is -4.67. The van der Waals surface area contributed by atoms with Crippen molar-refractivity contribution in [1.29, 1.82) is 0 Å². The molecule has 0 unspecified atom stereocenters. The fourth-order valence-corrected chi connectivity index (χ4v) is 9.98. The lowest BCUT2D eigenvalue weighted by atomic mass is 9.85. The van der Waals surface area contributed by atoms with Crippen molar-refractivity contribution in [2.75, 3.05) is 26.9 Å². The van der Waals surface area contributed by atoms with Crippen molar-refractivity contribution in [3.63, 3.8) is 0 Å². The molecule has 5 aliphatic rings. The number of benzene rings is 1. The molecule has 7 rings (SSSR count). The van der Waals surface area contributed by atoms with Gasteiger partial charge in [-0.2, -0.15) is 4.98 Å². The molecule has 0 spiro atoms. The summed E-state index contributed by atoms with van der Waals surface area (Å²) in [5.41, 5.74) is -0.768. The second kappa shape index (κ2) is 15.3. The molecule has 0 bridgehead atoms. The predicted octanol–water partition coefficient (Wildman–Crippen LogP) is 3.78. The molecule has 3 aliphatic heterocycles. The van der Waals surface area contributed by atoms with Crippen LogP contribution in [-0.2, 0) is 30.8 Å². The zero-order chi connectivity index (χ0) is 40.0. The van der Waals surface area contributed by atoms with Crippen LogP contribution in [0.3, 0.4) is 0 Å². The van der Waals surface area contributed by atoms with E-state index in [0.29, 0.717) is 49.3 Å². The van der Waals surface area contributed by atoms with E-state index in [4.69, 9.17) is 19.2 Å². The third kappa shape index (κ3) is 7.45. The number of sulfonamides is 1. The number of pyridine rings is 1. The number of carbonyl (C=O) groups excluding carboxylic acids is 3. The van der Waals surface area contributed by atoms with Gasteiger partial charge in [-0.3, -0.25) is 19.1 Å². The number of aryl methyl sites for hydroxylation is 1. The summed E-state index contributed by atoms with van der Waals surface area (Å²) in [5, 5.41) is 16.7. The van der Waals surface area contributed by atoms with E-state index in [2.05, 4.69) is 15.4 Å². The number of methoxy groups -OCH3 is 1. The number of halogens is 1. The minimum Gasteiger partial charge on any atom is -0.497 e. The highest BCUT2D eigenvalue weighted by molar-refractivity contribution is 7.91. The van der Waals surface area contributed by atoms with E-state index in [1.54, 1.807) is 19.3 Å². The summed E-state index contributed by atoms with van der Waals surface area (Å²) in [6, 6.07) is 3.05. The first-order chi connectivity index (χ1) is 26.7. The number of nitrogens with one attached hydrogen (secondary N) is 3. The standard InChI is InChI=1S/C39H50FN5O10S/c1-4-23-16-22(2)8-5-6-9-24-19-39(24,36(48)44-56(51,52)38(21-40)13-14-38)43-32(46)30-18-26(20-45(30)35(47)31(23)41-37(49)50)55-34-28-12-11-25(53-3)17-29(28)27-10-7-15-54-33(27)42-34/h6,9,11-12,17,22-24,26,30-31,41H,4-5,7-8,10,13-16,18-21H2,1-3H3,(H,43,46)(H,44,48)(H,49,50)/t22-,23+,24+,26+,30-,31-,39+/m0/s1. The van der Waals surface area contributed by atoms with E-state index in [1.807, 2.05) is 32.1 Å². The van der Waals surface area contributed by atoms with E-state index in [1.165, 1.54) is 4.90 Å². The molecule has 7 atom stereocenters. The van der Waals surface area contributed by atoms with Crippen LogP contribution >= 0.6 is 0 Å². The van der Waals surface area contributed by atoms with Crippen molar-refractivity contribution in [2.45, 2.75) is 107 Å². The summed E-state index contributed by atoms with van der Waals surface area (Å²) in [4.78, 5) is 61.2. The summed E-state index contributed by atoms with van der Waals surface area (Å²) < 4.78 is 58.5. The maximum atomic E-state index is 14.6. The molecule has 1 aromatic carbocycles. The number of rotatable bonds is 9. The molecule has 2 aromatic rings. The van der Waals surface area contributed by atoms with Crippen LogP contribution < -0.4 is 29.6 Å². The SMILES string of the molecule is CC[C@@H]1C[C@@H](C)CCC=C[C@@H]2C[C@@]2(C(=O)NS(=O)(=O)C2(CF)CC2)NC(=O)[C@@H]2C[C@@H](Oc3nc4c(c5cc(OC)ccc35)CCCO4)CN2C(=O)[C@H]1NC(=O)O. The Balaban J connectivity index is 1.24. The van der Waals surface area contributed by atoms with Crippen molar-refractivity contribution < 1.29 is 51.3 Å². The summed E-state index contributed by atoms with van der Waals surface area (Å²) in [5.74, 6) is -1.94. The van der Waals surface area contributed by atoms with E-state index >= 15 is 0 Å². The normalized spacial score (nSPS) is 30.0. The number of hydrogen-bond acceptors (Lipinski definition) is 10. The second-order valence-corrected chi connectivity index (χ2v) is 18.1. The number of fused-ring (bicyclic) bond motifs is 5. The molecular formula is C39H50FN5O10S. The Kier molecular flexibility index (Phi) is 10.8. The van der Waals surface area contributed by atoms with Crippen LogP contribution in [0.15, 0.2) is 30.4 Å². The fourth-order valence-electron chi connectivity index (χ4n) is 8.55. The number of nitrogens with zero attached hydrogens (tertiary/aromatic N) is 2. The molecule has 56 heavy (non-hydrogen) atoms. The number of carboxylic acid groups (broad SMARTS) is 1. The van der Waals surface area contributed by atoms with Crippen LogP contribution in [0, 0.1) is 17.8 Å². The molecule has 2 aliphatic carbocycles. The molecule has 4 amide bonds. The third-order valence-electron chi connectivity index (χ3n) is 12.2. The van der Waals surface area contributed by atoms with Gasteiger partial charge in [0, 0.05) is 23.3 Å². The molecule has 304 valence electrons. The fraction of sp³-hybridized carbons (Fsp3) is 0.615. The van der Waals surface area contributed by atoms with Crippen LogP contribution in [0.5, 0.6) is 17.5 Å². The number of alkyl halides is 1. The van der Waals surface area contributed by atoms with Crippen LogP contribution in [0.1, 0.15) is 77.2 Å². The summed E-state index contributed by atoms with van der Waals surface area (Å²) >= 11 is 0. The number of allylic oxidation sites excluding steroid dienone is 1. The van der Waals surface area contributed by atoms with Gasteiger partial charge in [-0.05, 0) is 86.8 Å². The zero-order valence-electron chi connectivity index (χ0n) is 31.8. The quantitative estimate of drug-likeness (QED) is 0.269. The molecule has 4 heterocycles. The van der Waals surface area contributed by atoms with E-state index < -0.39 is 80.8 Å². The number of carbonyl (C=O) groups is 4.